The van der Waals surface area contributed by atoms with Gasteiger partial charge in [0, 0.05) is 10.4 Å². The number of halogens is 1. The van der Waals surface area contributed by atoms with Crippen LogP contribution in [0.4, 0.5) is 4.39 Å². The Hall–Kier alpha value is -1.42. The number of hydrogen-bond donors (Lipinski definition) is 1. The zero-order valence-corrected chi connectivity index (χ0v) is 8.32. The summed E-state index contributed by atoms with van der Waals surface area (Å²) >= 11 is 1.09. The summed E-state index contributed by atoms with van der Waals surface area (Å²) in [6.45, 7) is 1.80. The first-order chi connectivity index (χ1) is 6.68. The van der Waals surface area contributed by atoms with Crippen molar-refractivity contribution in [3.05, 3.63) is 44.6 Å². The first kappa shape index (κ1) is 9.15. The van der Waals surface area contributed by atoms with Crippen molar-refractivity contribution in [2.45, 2.75) is 6.92 Å². The van der Waals surface area contributed by atoms with Crippen LogP contribution >= 0.6 is 11.3 Å². The van der Waals surface area contributed by atoms with E-state index in [1.165, 1.54) is 6.07 Å². The van der Waals surface area contributed by atoms with E-state index >= 15 is 0 Å². The summed E-state index contributed by atoms with van der Waals surface area (Å²) in [5, 5.41) is 0. The molecule has 0 aliphatic heterocycles. The van der Waals surface area contributed by atoms with Gasteiger partial charge in [0.2, 0.25) is 0 Å². The topological polar surface area (TPSA) is 32.9 Å². The molecule has 0 spiro atoms. The van der Waals surface area contributed by atoms with Crippen LogP contribution in [-0.2, 0) is 0 Å². The predicted molar refractivity (Wildman–Crippen MR) is 55.1 cm³/mol. The Morgan fingerprint density at radius 1 is 1.36 bits per heavy atom. The number of rotatable bonds is 1. The molecule has 2 aromatic rings. The van der Waals surface area contributed by atoms with Crippen LogP contribution in [0, 0.1) is 12.7 Å². The quantitative estimate of drug-likeness (QED) is 0.769. The number of thiazole rings is 1. The number of nitrogens with one attached hydrogen (secondary N) is 1. The van der Waals surface area contributed by atoms with Crippen molar-refractivity contribution in [3.63, 3.8) is 0 Å². The molecule has 0 saturated heterocycles. The second kappa shape index (κ2) is 3.38. The molecule has 0 saturated carbocycles. The highest BCUT2D eigenvalue weighted by Gasteiger charge is 2.09. The van der Waals surface area contributed by atoms with Crippen LogP contribution in [0.15, 0.2) is 29.1 Å². The molecule has 0 bridgehead atoms. The lowest BCUT2D eigenvalue weighted by molar-refractivity contribution is 0.630. The zero-order valence-electron chi connectivity index (χ0n) is 7.50. The Morgan fingerprint density at radius 3 is 2.64 bits per heavy atom. The maximum absolute atomic E-state index is 13.3. The molecule has 0 unspecified atom stereocenters. The van der Waals surface area contributed by atoms with Gasteiger partial charge in [0.1, 0.15) is 5.82 Å². The summed E-state index contributed by atoms with van der Waals surface area (Å²) in [5.41, 5.74) is 1.03. The normalized spacial score (nSPS) is 10.4. The fourth-order valence-electron chi connectivity index (χ4n) is 1.33. The van der Waals surface area contributed by atoms with Crippen molar-refractivity contribution >= 4 is 11.3 Å². The van der Waals surface area contributed by atoms with Gasteiger partial charge in [-0.05, 0) is 19.1 Å². The number of aromatic amines is 1. The van der Waals surface area contributed by atoms with E-state index in [0.29, 0.717) is 11.3 Å². The van der Waals surface area contributed by atoms with E-state index in [0.717, 1.165) is 16.2 Å². The van der Waals surface area contributed by atoms with E-state index < -0.39 is 0 Å². The molecule has 0 aliphatic rings. The molecule has 4 heteroatoms. The highest BCUT2D eigenvalue weighted by Crippen LogP contribution is 2.24. The van der Waals surface area contributed by atoms with Gasteiger partial charge in [-0.15, -0.1) is 0 Å². The van der Waals surface area contributed by atoms with Gasteiger partial charge in [0.15, 0.2) is 0 Å². The fourth-order valence-corrected chi connectivity index (χ4v) is 2.02. The van der Waals surface area contributed by atoms with Crippen LogP contribution < -0.4 is 4.87 Å². The average Bonchev–Trinajstić information content (AvgIpc) is 2.46. The van der Waals surface area contributed by atoms with E-state index in [2.05, 4.69) is 4.98 Å². The lowest BCUT2D eigenvalue weighted by Gasteiger charge is -2.00. The maximum atomic E-state index is 13.3. The third-order valence-corrected chi connectivity index (χ3v) is 2.77. The van der Waals surface area contributed by atoms with Crippen LogP contribution in [0.1, 0.15) is 4.88 Å². The maximum Gasteiger partial charge on any atom is 0.305 e. The van der Waals surface area contributed by atoms with Crippen LogP contribution in [0.25, 0.3) is 11.3 Å². The minimum atomic E-state index is -0.315. The number of hydrogen-bond acceptors (Lipinski definition) is 2. The van der Waals surface area contributed by atoms with Gasteiger partial charge >= 0.3 is 4.87 Å². The van der Waals surface area contributed by atoms with Gasteiger partial charge < -0.3 is 4.98 Å². The molecule has 2 rings (SSSR count). The minimum absolute atomic E-state index is 0.152. The van der Waals surface area contributed by atoms with Crippen LogP contribution in [-0.4, -0.2) is 4.98 Å². The van der Waals surface area contributed by atoms with Gasteiger partial charge in [0.25, 0.3) is 0 Å². The largest absolute Gasteiger partial charge is 0.312 e. The summed E-state index contributed by atoms with van der Waals surface area (Å²) < 4.78 is 13.3. The van der Waals surface area contributed by atoms with E-state index in [4.69, 9.17) is 0 Å². The summed E-state index contributed by atoms with van der Waals surface area (Å²) in [6, 6.07) is 6.40. The number of benzene rings is 1. The molecule has 1 N–H and O–H groups in total. The first-order valence-electron chi connectivity index (χ1n) is 4.13. The summed E-state index contributed by atoms with van der Waals surface area (Å²) in [7, 11) is 0. The van der Waals surface area contributed by atoms with Gasteiger partial charge in [-0.1, -0.05) is 23.5 Å². The standard InChI is InChI=1S/C10H8FNOS/c1-6-9(12-10(13)14-6)7-4-2-3-5-8(7)11/h2-5H,1H3,(H,12,13). The number of aromatic nitrogens is 1. The molecule has 0 radical (unpaired) electrons. The summed E-state index contributed by atoms with van der Waals surface area (Å²) in [6.07, 6.45) is 0. The average molecular weight is 209 g/mol. The van der Waals surface area contributed by atoms with Gasteiger partial charge in [-0.25, -0.2) is 4.39 Å². The van der Waals surface area contributed by atoms with E-state index in [1.807, 2.05) is 0 Å². The molecule has 1 heterocycles. The van der Waals surface area contributed by atoms with Gasteiger partial charge in [0.05, 0.1) is 5.69 Å². The van der Waals surface area contributed by atoms with Crippen molar-refractivity contribution in [1.82, 2.24) is 4.98 Å². The van der Waals surface area contributed by atoms with Crippen molar-refractivity contribution in [2.24, 2.45) is 0 Å². The molecule has 1 aromatic carbocycles. The Labute approximate surface area is 84.0 Å². The van der Waals surface area contributed by atoms with Gasteiger partial charge in [-0.2, -0.15) is 0 Å². The Bertz CT molecular complexity index is 515. The fraction of sp³-hybridized carbons (Fsp3) is 0.100. The molecule has 1 aromatic heterocycles. The van der Waals surface area contributed by atoms with E-state index in [9.17, 15) is 9.18 Å². The van der Waals surface area contributed by atoms with Crippen molar-refractivity contribution in [3.8, 4) is 11.3 Å². The minimum Gasteiger partial charge on any atom is -0.312 e. The molecule has 0 amide bonds. The van der Waals surface area contributed by atoms with Crippen LogP contribution in [0.5, 0.6) is 0 Å². The molecule has 0 fully saturated rings. The third kappa shape index (κ3) is 1.48. The SMILES string of the molecule is Cc1sc(=O)[nH]c1-c1ccccc1F. The summed E-state index contributed by atoms with van der Waals surface area (Å²) in [4.78, 5) is 14.3. The molecular formula is C10H8FNOS. The third-order valence-electron chi connectivity index (χ3n) is 1.97. The van der Waals surface area contributed by atoms with Crippen LogP contribution in [0.2, 0.25) is 0 Å². The lowest BCUT2D eigenvalue weighted by Crippen LogP contribution is -1.93. The monoisotopic (exact) mass is 209 g/mol. The number of H-pyrrole nitrogens is 1. The summed E-state index contributed by atoms with van der Waals surface area (Å²) in [5.74, 6) is -0.315. The molecular weight excluding hydrogens is 201 g/mol. The second-order valence-electron chi connectivity index (χ2n) is 2.93. The van der Waals surface area contributed by atoms with Gasteiger partial charge in [-0.3, -0.25) is 4.79 Å². The van der Waals surface area contributed by atoms with E-state index in [1.54, 1.807) is 25.1 Å². The molecule has 2 nitrogen and oxygen atoms in total. The Balaban J connectivity index is 2.66. The van der Waals surface area contributed by atoms with Crippen molar-refractivity contribution < 1.29 is 4.39 Å². The molecule has 72 valence electrons. The molecule has 14 heavy (non-hydrogen) atoms. The van der Waals surface area contributed by atoms with Crippen molar-refractivity contribution in [1.29, 1.82) is 0 Å². The zero-order chi connectivity index (χ0) is 10.1. The van der Waals surface area contributed by atoms with Crippen molar-refractivity contribution in [2.75, 3.05) is 0 Å². The Morgan fingerprint density at radius 2 is 2.07 bits per heavy atom. The first-order valence-corrected chi connectivity index (χ1v) is 4.95. The molecule has 0 atom stereocenters. The molecule has 0 aliphatic carbocycles. The Kier molecular flexibility index (Phi) is 2.21. The lowest BCUT2D eigenvalue weighted by atomic mass is 10.1. The van der Waals surface area contributed by atoms with E-state index in [-0.39, 0.29) is 10.7 Å². The number of aryl methyl sites for hydroxylation is 1. The highest BCUT2D eigenvalue weighted by molar-refractivity contribution is 7.09. The predicted octanol–water partition coefficient (Wildman–Crippen LogP) is 2.55. The van der Waals surface area contributed by atoms with Crippen LogP contribution in [0.3, 0.4) is 0 Å². The smallest absolute Gasteiger partial charge is 0.305 e. The second-order valence-corrected chi connectivity index (χ2v) is 4.11. The highest BCUT2D eigenvalue weighted by atomic mass is 32.1.